The molecule has 4 rings (SSSR count). The van der Waals surface area contributed by atoms with E-state index in [0.29, 0.717) is 0 Å². The third-order valence-corrected chi connectivity index (χ3v) is 7.87. The SMILES string of the molecule is CC(C)(C)CNC(c1ncc(-c2ccc(-c3ccc(-c4cnc(C(NCC(C)(C)C)C(C)(C)C)[nH]4)cc3)cc2)[nH]1)C(C)(C)C. The Kier molecular flexibility index (Phi) is 9.68. The standard InChI is InChI=1S/C38H56N6/c1-35(2,3)23-41-31(37(7,8)9)33-39-21-29(43-33)27-17-13-25(14-18-27)26-15-19-28(20-16-26)30-22-40-34(44-30)32(38(10,11)12)42-24-36(4,5)6/h13-22,31-32,41-42H,23-24H2,1-12H3,(H,39,43)(H,40,44). The number of hydrogen-bond donors (Lipinski definition) is 4. The number of imidazole rings is 2. The number of nitrogens with zero attached hydrogens (tertiary/aromatic N) is 2. The fraction of sp³-hybridized carbons (Fsp3) is 0.526. The average molecular weight is 597 g/mol. The number of nitrogens with one attached hydrogen (secondary N) is 4. The molecule has 0 saturated carbocycles. The second kappa shape index (κ2) is 12.6. The zero-order valence-electron chi connectivity index (χ0n) is 29.2. The Hall–Kier alpha value is -3.22. The quantitative estimate of drug-likeness (QED) is 0.155. The first-order valence-corrected chi connectivity index (χ1v) is 16.1. The maximum absolute atomic E-state index is 4.80. The predicted octanol–water partition coefficient (Wildman–Crippen LogP) is 9.58. The normalized spacial score (nSPS) is 14.5. The number of rotatable bonds is 9. The van der Waals surface area contributed by atoms with Crippen LogP contribution in [0.25, 0.3) is 33.6 Å². The topological polar surface area (TPSA) is 81.4 Å². The van der Waals surface area contributed by atoms with Crippen LogP contribution in [0.4, 0.5) is 0 Å². The molecule has 2 aromatic carbocycles. The van der Waals surface area contributed by atoms with Crippen molar-refractivity contribution >= 4 is 0 Å². The number of aromatic nitrogens is 4. The van der Waals surface area contributed by atoms with Crippen molar-refractivity contribution in [1.82, 2.24) is 30.6 Å². The Bertz CT molecular complexity index is 1360. The van der Waals surface area contributed by atoms with Crippen molar-refractivity contribution in [2.45, 2.75) is 95.2 Å². The summed E-state index contributed by atoms with van der Waals surface area (Å²) in [5.41, 5.74) is 7.17. The zero-order valence-corrected chi connectivity index (χ0v) is 29.2. The average Bonchev–Trinajstić information content (AvgIpc) is 3.57. The van der Waals surface area contributed by atoms with E-state index >= 15 is 0 Å². The van der Waals surface area contributed by atoms with Crippen molar-refractivity contribution in [1.29, 1.82) is 0 Å². The van der Waals surface area contributed by atoms with Gasteiger partial charge in [-0.05, 0) is 43.9 Å². The summed E-state index contributed by atoms with van der Waals surface area (Å²) in [6.45, 7) is 28.9. The van der Waals surface area contributed by atoms with Crippen LogP contribution in [0.2, 0.25) is 0 Å². The van der Waals surface area contributed by atoms with Crippen LogP contribution in [-0.2, 0) is 0 Å². The van der Waals surface area contributed by atoms with Gasteiger partial charge in [0.2, 0.25) is 0 Å². The van der Waals surface area contributed by atoms with Gasteiger partial charge in [0, 0.05) is 13.1 Å². The first kappa shape index (κ1) is 33.7. The molecule has 4 aromatic rings. The highest BCUT2D eigenvalue weighted by molar-refractivity contribution is 5.71. The molecule has 0 radical (unpaired) electrons. The molecule has 4 N–H and O–H groups in total. The smallest absolute Gasteiger partial charge is 0.124 e. The van der Waals surface area contributed by atoms with Gasteiger partial charge < -0.3 is 20.6 Å². The van der Waals surface area contributed by atoms with E-state index in [4.69, 9.17) is 9.97 Å². The zero-order chi connectivity index (χ0) is 32.5. The number of hydrogen-bond acceptors (Lipinski definition) is 4. The van der Waals surface area contributed by atoms with Crippen LogP contribution in [-0.4, -0.2) is 33.0 Å². The van der Waals surface area contributed by atoms with E-state index in [1.54, 1.807) is 0 Å². The number of aromatic amines is 2. The Morgan fingerprint density at radius 2 is 0.795 bits per heavy atom. The van der Waals surface area contributed by atoms with Crippen LogP contribution >= 0.6 is 0 Å². The van der Waals surface area contributed by atoms with Crippen LogP contribution in [0.1, 0.15) is 107 Å². The molecule has 238 valence electrons. The summed E-state index contributed by atoms with van der Waals surface area (Å²) in [5, 5.41) is 7.50. The Balaban J connectivity index is 1.47. The summed E-state index contributed by atoms with van der Waals surface area (Å²) in [7, 11) is 0. The molecular weight excluding hydrogens is 540 g/mol. The molecule has 0 aliphatic carbocycles. The maximum Gasteiger partial charge on any atom is 0.124 e. The van der Waals surface area contributed by atoms with Gasteiger partial charge in [0.1, 0.15) is 11.6 Å². The van der Waals surface area contributed by atoms with Gasteiger partial charge in [0.05, 0.1) is 35.9 Å². The van der Waals surface area contributed by atoms with Crippen molar-refractivity contribution in [3.05, 3.63) is 72.6 Å². The number of benzene rings is 2. The third kappa shape index (κ3) is 8.92. The molecule has 0 fully saturated rings. The fourth-order valence-electron chi connectivity index (χ4n) is 5.39. The van der Waals surface area contributed by atoms with Crippen LogP contribution < -0.4 is 10.6 Å². The molecule has 44 heavy (non-hydrogen) atoms. The lowest BCUT2D eigenvalue weighted by Crippen LogP contribution is -2.38. The van der Waals surface area contributed by atoms with E-state index in [9.17, 15) is 0 Å². The Morgan fingerprint density at radius 1 is 0.500 bits per heavy atom. The van der Waals surface area contributed by atoms with Gasteiger partial charge in [0.15, 0.2) is 0 Å². The molecular formula is C38H56N6. The van der Waals surface area contributed by atoms with E-state index < -0.39 is 0 Å². The van der Waals surface area contributed by atoms with Crippen molar-refractivity contribution in [3.8, 4) is 33.6 Å². The van der Waals surface area contributed by atoms with Gasteiger partial charge in [-0.1, -0.05) is 132 Å². The lowest BCUT2D eigenvalue weighted by atomic mass is 9.85. The highest BCUT2D eigenvalue weighted by atomic mass is 15.0. The first-order valence-electron chi connectivity index (χ1n) is 16.1. The summed E-state index contributed by atoms with van der Waals surface area (Å²) in [6, 6.07) is 17.7. The second-order valence-corrected chi connectivity index (χ2v) is 17.0. The predicted molar refractivity (Wildman–Crippen MR) is 186 cm³/mol. The van der Waals surface area contributed by atoms with Crippen molar-refractivity contribution in [2.24, 2.45) is 21.7 Å². The molecule has 2 unspecified atom stereocenters. The van der Waals surface area contributed by atoms with Gasteiger partial charge in [-0.15, -0.1) is 0 Å². The van der Waals surface area contributed by atoms with Crippen LogP contribution in [0, 0.1) is 21.7 Å². The maximum atomic E-state index is 4.80. The van der Waals surface area contributed by atoms with Crippen LogP contribution in [0.5, 0.6) is 0 Å². The van der Waals surface area contributed by atoms with Crippen LogP contribution in [0.3, 0.4) is 0 Å². The number of H-pyrrole nitrogens is 2. The summed E-state index contributed by atoms with van der Waals surface area (Å²) >= 11 is 0. The molecule has 6 heteroatoms. The molecule has 0 spiro atoms. The van der Waals surface area contributed by atoms with Gasteiger partial charge in [-0.3, -0.25) is 0 Å². The second-order valence-electron chi connectivity index (χ2n) is 17.0. The minimum Gasteiger partial charge on any atom is -0.341 e. The summed E-state index contributed by atoms with van der Waals surface area (Å²) in [5.74, 6) is 1.97. The molecule has 0 saturated heterocycles. The van der Waals surface area contributed by atoms with E-state index in [2.05, 4.69) is 152 Å². The minimum atomic E-state index is 0.0333. The third-order valence-electron chi connectivity index (χ3n) is 7.87. The molecule has 0 aliphatic heterocycles. The lowest BCUT2D eigenvalue weighted by Gasteiger charge is -2.32. The Labute approximate surface area is 266 Å². The molecule has 2 atom stereocenters. The van der Waals surface area contributed by atoms with Gasteiger partial charge >= 0.3 is 0 Å². The highest BCUT2D eigenvalue weighted by Crippen LogP contribution is 2.35. The molecule has 0 amide bonds. The minimum absolute atomic E-state index is 0.0333. The van der Waals surface area contributed by atoms with Crippen molar-refractivity contribution in [3.63, 3.8) is 0 Å². The van der Waals surface area contributed by atoms with Crippen molar-refractivity contribution < 1.29 is 0 Å². The Morgan fingerprint density at radius 3 is 1.07 bits per heavy atom. The monoisotopic (exact) mass is 596 g/mol. The van der Waals surface area contributed by atoms with Gasteiger partial charge in [-0.2, -0.15) is 0 Å². The first-order chi connectivity index (χ1) is 20.3. The molecule has 2 aromatic heterocycles. The van der Waals surface area contributed by atoms with Gasteiger partial charge in [0.25, 0.3) is 0 Å². The summed E-state index contributed by atoms with van der Waals surface area (Å²) < 4.78 is 0. The molecule has 0 aliphatic rings. The lowest BCUT2D eigenvalue weighted by molar-refractivity contribution is 0.233. The molecule has 6 nitrogen and oxygen atoms in total. The summed E-state index contributed by atoms with van der Waals surface area (Å²) in [6.07, 6.45) is 3.91. The van der Waals surface area contributed by atoms with E-state index in [-0.39, 0.29) is 33.7 Å². The highest BCUT2D eigenvalue weighted by Gasteiger charge is 2.31. The molecule has 0 bridgehead atoms. The van der Waals surface area contributed by atoms with Gasteiger partial charge in [-0.25, -0.2) is 9.97 Å². The summed E-state index contributed by atoms with van der Waals surface area (Å²) in [4.78, 5) is 16.8. The van der Waals surface area contributed by atoms with Crippen LogP contribution in [0.15, 0.2) is 60.9 Å². The van der Waals surface area contributed by atoms with Crippen molar-refractivity contribution in [2.75, 3.05) is 13.1 Å². The van der Waals surface area contributed by atoms with E-state index in [1.165, 1.54) is 11.1 Å². The molecule has 2 heterocycles. The fourth-order valence-corrected chi connectivity index (χ4v) is 5.39. The van der Waals surface area contributed by atoms with E-state index in [0.717, 1.165) is 47.3 Å². The van der Waals surface area contributed by atoms with E-state index in [1.807, 2.05) is 12.4 Å². The largest absolute Gasteiger partial charge is 0.341 e.